The van der Waals surface area contributed by atoms with Crippen molar-refractivity contribution in [2.45, 2.75) is 24.5 Å². The molecule has 1 fully saturated rings. The lowest BCUT2D eigenvalue weighted by Gasteiger charge is -2.23. The number of nitrogens with one attached hydrogen (secondary N) is 2. The van der Waals surface area contributed by atoms with Gasteiger partial charge in [-0.3, -0.25) is 24.2 Å². The van der Waals surface area contributed by atoms with Gasteiger partial charge in [0.05, 0.1) is 13.3 Å². The summed E-state index contributed by atoms with van der Waals surface area (Å²) in [5.41, 5.74) is -1.29. The maximum absolute atomic E-state index is 12.0. The summed E-state index contributed by atoms with van der Waals surface area (Å²) in [6.07, 6.45) is -2.24. The second kappa shape index (κ2) is 8.34. The maximum Gasteiger partial charge on any atom is 0.469 e. The monoisotopic (exact) mass is 381 g/mol. The van der Waals surface area contributed by atoms with Crippen molar-refractivity contribution in [3.05, 3.63) is 33.1 Å². The summed E-state index contributed by atoms with van der Waals surface area (Å²) in [6.45, 7) is -0.374. The summed E-state index contributed by atoms with van der Waals surface area (Å²) in [7, 11) is -1.70. The zero-order valence-corrected chi connectivity index (χ0v) is 14.4. The molecule has 1 aromatic heterocycles. The van der Waals surface area contributed by atoms with E-state index in [-0.39, 0.29) is 6.73 Å². The Morgan fingerprint density at radius 2 is 2.12 bits per heavy atom. The van der Waals surface area contributed by atoms with E-state index in [0.717, 1.165) is 10.6 Å². The highest BCUT2D eigenvalue weighted by Crippen LogP contribution is 2.39. The van der Waals surface area contributed by atoms with Gasteiger partial charge >= 0.3 is 13.5 Å². The first kappa shape index (κ1) is 19.9. The molecule has 1 aliphatic heterocycles. The van der Waals surface area contributed by atoms with Gasteiger partial charge in [-0.2, -0.15) is 0 Å². The molecule has 0 radical (unpaired) electrons. The minimum atomic E-state index is -4.71. The van der Waals surface area contributed by atoms with E-state index < -0.39 is 50.2 Å². The van der Waals surface area contributed by atoms with Crippen LogP contribution in [0.5, 0.6) is 0 Å². The molecule has 0 saturated carbocycles. The van der Waals surface area contributed by atoms with E-state index in [2.05, 4.69) is 14.8 Å². The number of phosphoric ester groups is 1. The number of hydrogen-bond acceptors (Lipinski definition) is 8. The van der Waals surface area contributed by atoms with Crippen LogP contribution in [-0.4, -0.2) is 65.1 Å². The number of H-pyrrole nitrogens is 1. The third-order valence-electron chi connectivity index (χ3n) is 3.51. The molecule has 1 aliphatic rings. The Kier molecular flexibility index (Phi) is 6.65. The van der Waals surface area contributed by atoms with Crippen molar-refractivity contribution in [3.8, 4) is 0 Å². The van der Waals surface area contributed by atoms with Gasteiger partial charge in [-0.25, -0.2) is 9.36 Å². The summed E-state index contributed by atoms with van der Waals surface area (Å²) < 4.78 is 33.1. The van der Waals surface area contributed by atoms with Gasteiger partial charge in [0.1, 0.15) is 18.3 Å². The molecule has 142 valence electrons. The van der Waals surface area contributed by atoms with Crippen molar-refractivity contribution in [1.82, 2.24) is 14.9 Å². The van der Waals surface area contributed by atoms with E-state index in [9.17, 15) is 14.2 Å². The number of hydrogen-bond donors (Lipinski definition) is 4. The van der Waals surface area contributed by atoms with Crippen LogP contribution < -0.4 is 16.6 Å². The van der Waals surface area contributed by atoms with Crippen LogP contribution in [0.15, 0.2) is 21.9 Å². The lowest BCUT2D eigenvalue weighted by molar-refractivity contribution is -0.0645. The fraction of sp³-hybridized carbons (Fsp3) is 0.667. The van der Waals surface area contributed by atoms with E-state index in [1.807, 2.05) is 0 Å². The Bertz CT molecular complexity index is 729. The van der Waals surface area contributed by atoms with Crippen molar-refractivity contribution in [2.75, 3.05) is 27.5 Å². The van der Waals surface area contributed by atoms with Crippen LogP contribution in [0.2, 0.25) is 0 Å². The highest BCUT2D eigenvalue weighted by Gasteiger charge is 2.47. The molecule has 1 saturated heterocycles. The van der Waals surface area contributed by atoms with E-state index in [4.69, 9.17) is 24.0 Å². The number of rotatable bonds is 8. The first-order valence-corrected chi connectivity index (χ1v) is 8.76. The second-order valence-electron chi connectivity index (χ2n) is 5.20. The minimum absolute atomic E-state index is 0.105. The smallest absolute Gasteiger partial charge is 0.374 e. The van der Waals surface area contributed by atoms with Gasteiger partial charge in [-0.05, 0) is 7.05 Å². The van der Waals surface area contributed by atoms with Crippen molar-refractivity contribution < 1.29 is 33.1 Å². The third-order valence-corrected chi connectivity index (χ3v) is 4.00. The number of ether oxygens (including phenoxy) is 3. The fourth-order valence-electron chi connectivity index (χ4n) is 2.50. The fourth-order valence-corrected chi connectivity index (χ4v) is 2.84. The van der Waals surface area contributed by atoms with Crippen LogP contribution in [0.4, 0.5) is 0 Å². The number of methoxy groups -OCH3 is 1. The van der Waals surface area contributed by atoms with E-state index in [0.29, 0.717) is 0 Å². The van der Waals surface area contributed by atoms with Crippen molar-refractivity contribution in [2.24, 2.45) is 0 Å². The molecule has 2 rings (SSSR count). The van der Waals surface area contributed by atoms with Crippen molar-refractivity contribution in [1.29, 1.82) is 0 Å². The summed E-state index contributed by atoms with van der Waals surface area (Å²) in [5.74, 6) is 0. The third kappa shape index (κ3) is 5.06. The second-order valence-corrected chi connectivity index (χ2v) is 6.44. The summed E-state index contributed by atoms with van der Waals surface area (Å²) in [6, 6.07) is 1.14. The molecule has 0 aliphatic carbocycles. The molecule has 4 atom stereocenters. The highest BCUT2D eigenvalue weighted by atomic mass is 31.2. The first-order chi connectivity index (χ1) is 11.8. The summed E-state index contributed by atoms with van der Waals surface area (Å²) in [5, 5.41) is 2.76. The molecule has 2 heterocycles. The van der Waals surface area contributed by atoms with Crippen LogP contribution in [0.1, 0.15) is 6.23 Å². The van der Waals surface area contributed by atoms with Gasteiger partial charge in [0, 0.05) is 19.4 Å². The van der Waals surface area contributed by atoms with Gasteiger partial charge in [-0.1, -0.05) is 0 Å². The molecule has 12 nitrogen and oxygen atoms in total. The van der Waals surface area contributed by atoms with Crippen molar-refractivity contribution in [3.63, 3.8) is 0 Å². The normalized spacial score (nSPS) is 26.9. The first-order valence-electron chi connectivity index (χ1n) is 7.23. The lowest BCUT2D eigenvalue weighted by atomic mass is 10.1. The molecule has 0 aromatic carbocycles. The predicted octanol–water partition coefficient (Wildman–Crippen LogP) is -1.88. The van der Waals surface area contributed by atoms with Gasteiger partial charge in [-0.15, -0.1) is 0 Å². The predicted molar refractivity (Wildman–Crippen MR) is 82.8 cm³/mol. The lowest BCUT2D eigenvalue weighted by Crippen LogP contribution is -2.41. The SMILES string of the molecule is CNCOC1C(OC)[C@H](n2ccc(=O)[nH]c2=O)O[C@@H]1COP(=O)(O)O. The Balaban J connectivity index is 2.29. The van der Waals surface area contributed by atoms with Crippen LogP contribution in [0, 0.1) is 0 Å². The molecular formula is C12H20N3O9P. The molecule has 25 heavy (non-hydrogen) atoms. The highest BCUT2D eigenvalue weighted by molar-refractivity contribution is 7.46. The van der Waals surface area contributed by atoms with Gasteiger partial charge in [0.2, 0.25) is 0 Å². The molecule has 13 heteroatoms. The topological polar surface area (TPSA) is 161 Å². The zero-order chi connectivity index (χ0) is 18.6. The average Bonchev–Trinajstić information content (AvgIpc) is 2.87. The van der Waals surface area contributed by atoms with Gasteiger partial charge in [0.25, 0.3) is 5.56 Å². The maximum atomic E-state index is 12.0. The quantitative estimate of drug-likeness (QED) is 0.296. The average molecular weight is 381 g/mol. The Morgan fingerprint density at radius 1 is 1.40 bits per heavy atom. The molecule has 0 spiro atoms. The van der Waals surface area contributed by atoms with Crippen LogP contribution in [-0.2, 0) is 23.3 Å². The van der Waals surface area contributed by atoms with E-state index >= 15 is 0 Å². The number of aromatic amines is 1. The summed E-state index contributed by atoms with van der Waals surface area (Å²) >= 11 is 0. The van der Waals surface area contributed by atoms with Crippen LogP contribution in [0.3, 0.4) is 0 Å². The number of aromatic nitrogens is 2. The standard InChI is InChI=1S/C12H20N3O9P/c1-13-6-22-9-7(5-23-25(18,19)20)24-11(10(9)21-2)15-4-3-8(16)14-12(15)17/h3-4,7,9-11,13H,5-6H2,1-2H3,(H,14,16,17)(H2,18,19,20)/t7-,9?,10?,11-/m1/s1. The zero-order valence-electron chi connectivity index (χ0n) is 13.5. The van der Waals surface area contributed by atoms with E-state index in [1.165, 1.54) is 13.3 Å². The summed E-state index contributed by atoms with van der Waals surface area (Å²) in [4.78, 5) is 43.1. The van der Waals surface area contributed by atoms with Crippen LogP contribution in [0.25, 0.3) is 0 Å². The molecule has 0 bridgehead atoms. The minimum Gasteiger partial charge on any atom is -0.374 e. The molecular weight excluding hydrogens is 361 g/mol. The Labute approximate surface area is 141 Å². The largest absolute Gasteiger partial charge is 0.469 e. The van der Waals surface area contributed by atoms with E-state index in [1.54, 1.807) is 7.05 Å². The van der Waals surface area contributed by atoms with Gasteiger partial charge < -0.3 is 24.0 Å². The molecule has 1 aromatic rings. The molecule has 0 amide bonds. The number of nitrogens with zero attached hydrogens (tertiary/aromatic N) is 1. The van der Waals surface area contributed by atoms with Crippen LogP contribution >= 0.6 is 7.82 Å². The number of phosphoric acid groups is 1. The Hall–Kier alpha value is -1.37. The molecule has 2 unspecified atom stereocenters. The van der Waals surface area contributed by atoms with Gasteiger partial charge in [0.15, 0.2) is 6.23 Å². The van der Waals surface area contributed by atoms with Crippen molar-refractivity contribution >= 4 is 7.82 Å². The molecule has 4 N–H and O–H groups in total. The Morgan fingerprint density at radius 3 is 2.68 bits per heavy atom.